The molecule has 1 N–H and O–H groups in total. The normalized spacial score (nSPS) is 36.3. The van der Waals surface area contributed by atoms with Gasteiger partial charge in [0.2, 0.25) is 6.29 Å². The Labute approximate surface area is 150 Å². The molecular formula is C19H33NO5. The minimum atomic E-state index is -0.709. The van der Waals surface area contributed by atoms with E-state index in [1.165, 1.54) is 38.5 Å². The highest BCUT2D eigenvalue weighted by molar-refractivity contribution is 5.78. The van der Waals surface area contributed by atoms with E-state index in [4.69, 9.17) is 18.9 Å². The fourth-order valence-electron chi connectivity index (χ4n) is 3.78. The van der Waals surface area contributed by atoms with E-state index in [1.54, 1.807) is 0 Å². The molecule has 3 heterocycles. The van der Waals surface area contributed by atoms with E-state index in [-0.39, 0.29) is 12.1 Å². The lowest BCUT2D eigenvalue weighted by Gasteiger charge is -2.23. The lowest BCUT2D eigenvalue weighted by Crippen LogP contribution is -2.40. The number of ether oxygens (including phenoxy) is 4. The molecule has 0 bridgehead atoms. The minimum absolute atomic E-state index is 0.277. The van der Waals surface area contributed by atoms with Crippen LogP contribution in [0, 0.1) is 0 Å². The Bertz CT molecular complexity index is 467. The van der Waals surface area contributed by atoms with Gasteiger partial charge < -0.3 is 24.1 Å². The quantitative estimate of drug-likeness (QED) is 0.643. The molecule has 0 unspecified atom stereocenters. The monoisotopic (exact) mass is 355 g/mol. The Morgan fingerprint density at radius 2 is 1.84 bits per heavy atom. The average molecular weight is 355 g/mol. The molecule has 6 heteroatoms. The van der Waals surface area contributed by atoms with E-state index in [1.807, 2.05) is 13.8 Å². The molecule has 144 valence electrons. The van der Waals surface area contributed by atoms with Gasteiger partial charge in [0.05, 0.1) is 6.61 Å². The predicted molar refractivity (Wildman–Crippen MR) is 94.5 cm³/mol. The van der Waals surface area contributed by atoms with E-state index in [2.05, 4.69) is 11.9 Å². The summed E-state index contributed by atoms with van der Waals surface area (Å²) in [5.74, 6) is 0.0997. The molecule has 3 aliphatic rings. The van der Waals surface area contributed by atoms with Crippen molar-refractivity contribution in [3.8, 4) is 0 Å². The van der Waals surface area contributed by atoms with Crippen LogP contribution < -0.4 is 0 Å². The first-order valence-electron chi connectivity index (χ1n) is 9.89. The van der Waals surface area contributed by atoms with Crippen LogP contribution in [0.4, 0.5) is 0 Å². The van der Waals surface area contributed by atoms with Gasteiger partial charge in [-0.1, -0.05) is 45.4 Å². The topological polar surface area (TPSA) is 69.5 Å². The van der Waals surface area contributed by atoms with Crippen molar-refractivity contribution in [2.75, 3.05) is 6.61 Å². The van der Waals surface area contributed by atoms with Gasteiger partial charge in [-0.25, -0.2) is 4.99 Å². The third-order valence-corrected chi connectivity index (χ3v) is 5.19. The maximum atomic E-state index is 10.6. The van der Waals surface area contributed by atoms with Crippen LogP contribution >= 0.6 is 0 Å². The van der Waals surface area contributed by atoms with Gasteiger partial charge in [-0.05, 0) is 20.3 Å². The highest BCUT2D eigenvalue weighted by Crippen LogP contribution is 2.36. The molecule has 0 spiro atoms. The van der Waals surface area contributed by atoms with Crippen molar-refractivity contribution in [3.05, 3.63) is 0 Å². The molecule has 0 aliphatic carbocycles. The highest BCUT2D eigenvalue weighted by Gasteiger charge is 2.54. The molecule has 0 aromatic rings. The number of fused-ring (bicyclic) bond motifs is 1. The van der Waals surface area contributed by atoms with Gasteiger partial charge in [-0.15, -0.1) is 0 Å². The van der Waals surface area contributed by atoms with Crippen molar-refractivity contribution >= 4 is 5.90 Å². The molecule has 6 nitrogen and oxygen atoms in total. The van der Waals surface area contributed by atoms with Crippen LogP contribution in [0.25, 0.3) is 0 Å². The smallest absolute Gasteiger partial charge is 0.227 e. The van der Waals surface area contributed by atoms with Crippen LogP contribution in [0.5, 0.6) is 0 Å². The standard InChI is InChI=1S/C19H33NO5/c1-4-5-6-7-8-9-10-11-14-20-15-16(21)17(24-18(15)23-14)13-12-22-19(2,3)25-13/h13,15-18,21H,4-12H2,1-3H3/t13-,15-,16-,17-,18+/m1/s1. The minimum Gasteiger partial charge on any atom is -0.450 e. The van der Waals surface area contributed by atoms with Crippen LogP contribution in [0.3, 0.4) is 0 Å². The van der Waals surface area contributed by atoms with E-state index >= 15 is 0 Å². The number of aliphatic hydroxyl groups excluding tert-OH is 1. The number of unbranched alkanes of at least 4 members (excludes halogenated alkanes) is 6. The SMILES string of the molecule is CCCCCCCCCC1=N[C@H]2[C@@H](O1)O[C@H]([C@H]1COC(C)(C)O1)[C@@H]2O. The number of hydrogen-bond donors (Lipinski definition) is 1. The van der Waals surface area contributed by atoms with Crippen LogP contribution in [0.2, 0.25) is 0 Å². The van der Waals surface area contributed by atoms with Gasteiger partial charge in [0.25, 0.3) is 0 Å². The first kappa shape index (κ1) is 19.1. The zero-order chi connectivity index (χ0) is 17.9. The highest BCUT2D eigenvalue weighted by atomic mass is 16.8. The molecule has 3 rings (SSSR count). The summed E-state index contributed by atoms with van der Waals surface area (Å²) >= 11 is 0. The number of hydrogen-bond acceptors (Lipinski definition) is 6. The maximum absolute atomic E-state index is 10.6. The first-order valence-corrected chi connectivity index (χ1v) is 9.89. The van der Waals surface area contributed by atoms with Crippen molar-refractivity contribution in [2.24, 2.45) is 4.99 Å². The molecule has 25 heavy (non-hydrogen) atoms. The molecule has 0 saturated carbocycles. The molecule has 5 atom stereocenters. The molecule has 0 aromatic heterocycles. The third-order valence-electron chi connectivity index (χ3n) is 5.19. The Morgan fingerprint density at radius 3 is 2.48 bits per heavy atom. The number of rotatable bonds is 9. The van der Waals surface area contributed by atoms with Gasteiger partial charge >= 0.3 is 0 Å². The fraction of sp³-hybridized carbons (Fsp3) is 0.947. The van der Waals surface area contributed by atoms with E-state index < -0.39 is 24.3 Å². The molecule has 2 fully saturated rings. The molecule has 0 aromatic carbocycles. The number of nitrogens with zero attached hydrogens (tertiary/aromatic N) is 1. The van der Waals surface area contributed by atoms with Crippen molar-refractivity contribution in [2.45, 2.75) is 109 Å². The van der Waals surface area contributed by atoms with E-state index in [0.717, 1.165) is 18.7 Å². The van der Waals surface area contributed by atoms with Gasteiger partial charge in [-0.2, -0.15) is 0 Å². The second-order valence-electron chi connectivity index (χ2n) is 7.83. The second kappa shape index (κ2) is 8.33. The Morgan fingerprint density at radius 1 is 1.12 bits per heavy atom. The summed E-state index contributed by atoms with van der Waals surface area (Å²) in [5, 5.41) is 10.6. The van der Waals surface area contributed by atoms with Gasteiger partial charge in [0, 0.05) is 6.42 Å². The molecule has 0 amide bonds. The number of aliphatic imine (C=N–C) groups is 1. The van der Waals surface area contributed by atoms with E-state index in [9.17, 15) is 5.11 Å². The van der Waals surface area contributed by atoms with Crippen molar-refractivity contribution in [1.82, 2.24) is 0 Å². The van der Waals surface area contributed by atoms with Gasteiger partial charge in [-0.3, -0.25) is 0 Å². The summed E-state index contributed by atoms with van der Waals surface area (Å²) in [6.45, 7) is 6.39. The summed E-state index contributed by atoms with van der Waals surface area (Å²) < 4.78 is 23.1. The molecule has 0 radical (unpaired) electrons. The maximum Gasteiger partial charge on any atom is 0.227 e. The Hall–Kier alpha value is -0.690. The summed E-state index contributed by atoms with van der Waals surface area (Å²) in [6, 6.07) is -0.336. The lowest BCUT2D eigenvalue weighted by molar-refractivity contribution is -0.172. The summed E-state index contributed by atoms with van der Waals surface area (Å²) in [6.07, 6.45) is 7.75. The van der Waals surface area contributed by atoms with E-state index in [0.29, 0.717) is 6.61 Å². The molecule has 3 aliphatic heterocycles. The van der Waals surface area contributed by atoms with Crippen LogP contribution in [0.1, 0.15) is 72.1 Å². The molecule has 2 saturated heterocycles. The van der Waals surface area contributed by atoms with Crippen molar-refractivity contribution in [1.29, 1.82) is 0 Å². The van der Waals surface area contributed by atoms with Crippen LogP contribution in [-0.4, -0.2) is 54.0 Å². The van der Waals surface area contributed by atoms with Gasteiger partial charge in [0.1, 0.15) is 24.4 Å². The Balaban J connectivity index is 1.39. The third kappa shape index (κ3) is 4.73. The molecular weight excluding hydrogens is 322 g/mol. The summed E-state index contributed by atoms with van der Waals surface area (Å²) in [4.78, 5) is 4.56. The van der Waals surface area contributed by atoms with Crippen molar-refractivity contribution < 1.29 is 24.1 Å². The summed E-state index contributed by atoms with van der Waals surface area (Å²) in [7, 11) is 0. The average Bonchev–Trinajstić information content (AvgIpc) is 3.21. The predicted octanol–water partition coefficient (Wildman–Crippen LogP) is 3.16. The van der Waals surface area contributed by atoms with Crippen LogP contribution in [0.15, 0.2) is 4.99 Å². The number of aliphatic hydroxyl groups is 1. The zero-order valence-electron chi connectivity index (χ0n) is 15.8. The second-order valence-corrected chi connectivity index (χ2v) is 7.83. The fourth-order valence-corrected chi connectivity index (χ4v) is 3.78. The van der Waals surface area contributed by atoms with Crippen molar-refractivity contribution in [3.63, 3.8) is 0 Å². The largest absolute Gasteiger partial charge is 0.450 e. The Kier molecular flexibility index (Phi) is 6.36. The lowest BCUT2D eigenvalue weighted by atomic mass is 10.1. The first-order chi connectivity index (χ1) is 12.0. The summed E-state index contributed by atoms with van der Waals surface area (Å²) in [5.41, 5.74) is 0. The zero-order valence-corrected chi connectivity index (χ0v) is 15.8. The van der Waals surface area contributed by atoms with Gasteiger partial charge in [0.15, 0.2) is 11.7 Å². The van der Waals surface area contributed by atoms with Crippen LogP contribution in [-0.2, 0) is 18.9 Å².